The first kappa shape index (κ1) is 16.7. The van der Waals surface area contributed by atoms with Crippen molar-refractivity contribution in [3.05, 3.63) is 53.3 Å². The second-order valence-electron chi connectivity index (χ2n) is 4.82. The lowest BCUT2D eigenvalue weighted by molar-refractivity contribution is 0.276. The van der Waals surface area contributed by atoms with Gasteiger partial charge in [0.2, 0.25) is 0 Å². The summed E-state index contributed by atoms with van der Waals surface area (Å²) < 4.78 is 0. The maximum atomic E-state index is 5.70. The van der Waals surface area contributed by atoms with Crippen LogP contribution >= 0.6 is 12.4 Å². The van der Waals surface area contributed by atoms with Crippen molar-refractivity contribution in [3.63, 3.8) is 0 Å². The Labute approximate surface area is 126 Å². The Bertz CT molecular complexity index is 484. The number of H-pyrrole nitrogens is 1. The molecular weight excluding hydrogens is 272 g/mol. The maximum Gasteiger partial charge on any atom is 0.0535 e. The fourth-order valence-electron chi connectivity index (χ4n) is 2.16. The van der Waals surface area contributed by atoms with Gasteiger partial charge in [0.1, 0.15) is 0 Å². The number of aryl methyl sites for hydroxylation is 1. The fraction of sp³-hybridized carbons (Fsp3) is 0.400. The zero-order chi connectivity index (χ0) is 13.5. The molecule has 0 bridgehead atoms. The number of nitrogens with one attached hydrogen (secondary N) is 1. The quantitative estimate of drug-likeness (QED) is 0.822. The maximum absolute atomic E-state index is 5.70. The Hall–Kier alpha value is -1.36. The average Bonchev–Trinajstić information content (AvgIpc) is 2.83. The molecule has 110 valence electrons. The number of hydrogen-bond acceptors (Lipinski definition) is 3. The monoisotopic (exact) mass is 294 g/mol. The van der Waals surface area contributed by atoms with Gasteiger partial charge in [-0.05, 0) is 18.9 Å². The first-order valence-corrected chi connectivity index (χ1v) is 6.75. The van der Waals surface area contributed by atoms with Crippen LogP contribution in [0.3, 0.4) is 0 Å². The first-order chi connectivity index (χ1) is 9.29. The van der Waals surface area contributed by atoms with Crippen molar-refractivity contribution in [2.45, 2.75) is 19.9 Å². The van der Waals surface area contributed by atoms with E-state index in [1.165, 1.54) is 11.1 Å². The molecule has 0 amide bonds. The molecule has 0 spiro atoms. The summed E-state index contributed by atoms with van der Waals surface area (Å²) in [5.41, 5.74) is 9.46. The molecule has 0 saturated carbocycles. The minimum absolute atomic E-state index is 0. The van der Waals surface area contributed by atoms with E-state index in [2.05, 4.69) is 52.4 Å². The van der Waals surface area contributed by atoms with Gasteiger partial charge in [0, 0.05) is 37.4 Å². The fourth-order valence-corrected chi connectivity index (χ4v) is 2.16. The van der Waals surface area contributed by atoms with E-state index in [0.717, 1.165) is 31.7 Å². The summed E-state index contributed by atoms with van der Waals surface area (Å²) in [6.07, 6.45) is 2.96. The summed E-state index contributed by atoms with van der Waals surface area (Å²) in [7, 11) is 0. The molecule has 1 aromatic heterocycles. The van der Waals surface area contributed by atoms with Crippen LogP contribution < -0.4 is 5.73 Å². The lowest BCUT2D eigenvalue weighted by atomic mass is 10.1. The number of halogens is 1. The minimum atomic E-state index is 0. The van der Waals surface area contributed by atoms with E-state index < -0.39 is 0 Å². The summed E-state index contributed by atoms with van der Waals surface area (Å²) in [6.45, 7) is 5.58. The number of aromatic nitrogens is 2. The third kappa shape index (κ3) is 4.96. The van der Waals surface area contributed by atoms with Gasteiger partial charge in [0.05, 0.1) is 6.20 Å². The summed E-state index contributed by atoms with van der Waals surface area (Å²) in [5.74, 6) is 0. The molecular formula is C15H23ClN4. The number of nitrogens with two attached hydrogens (primary N) is 1. The summed E-state index contributed by atoms with van der Waals surface area (Å²) >= 11 is 0. The summed E-state index contributed by atoms with van der Waals surface area (Å²) in [4.78, 5) is 2.38. The second-order valence-corrected chi connectivity index (χ2v) is 4.82. The highest BCUT2D eigenvalue weighted by molar-refractivity contribution is 5.85. The predicted molar refractivity (Wildman–Crippen MR) is 85.1 cm³/mol. The Morgan fingerprint density at radius 1 is 1.20 bits per heavy atom. The number of rotatable bonds is 7. The largest absolute Gasteiger partial charge is 0.329 e. The van der Waals surface area contributed by atoms with Gasteiger partial charge in [-0.25, -0.2) is 0 Å². The van der Waals surface area contributed by atoms with E-state index in [9.17, 15) is 0 Å². The van der Waals surface area contributed by atoms with Crippen molar-refractivity contribution in [3.8, 4) is 0 Å². The highest BCUT2D eigenvalue weighted by atomic mass is 35.5. The molecule has 0 unspecified atom stereocenters. The molecule has 2 rings (SSSR count). The highest BCUT2D eigenvalue weighted by Gasteiger charge is 2.08. The van der Waals surface area contributed by atoms with Gasteiger partial charge in [-0.3, -0.25) is 10.00 Å². The summed E-state index contributed by atoms with van der Waals surface area (Å²) in [6, 6.07) is 10.6. The molecule has 0 radical (unpaired) electrons. The van der Waals surface area contributed by atoms with Crippen LogP contribution in [0.25, 0.3) is 0 Å². The molecule has 2 aromatic rings. The lowest BCUT2D eigenvalue weighted by Crippen LogP contribution is -2.31. The lowest BCUT2D eigenvalue weighted by Gasteiger charge is -2.21. The topological polar surface area (TPSA) is 57.9 Å². The van der Waals surface area contributed by atoms with Crippen LogP contribution in [0, 0.1) is 6.92 Å². The van der Waals surface area contributed by atoms with E-state index in [4.69, 9.17) is 5.73 Å². The van der Waals surface area contributed by atoms with Crippen LogP contribution in [0.1, 0.15) is 16.8 Å². The highest BCUT2D eigenvalue weighted by Crippen LogP contribution is 2.08. The van der Waals surface area contributed by atoms with E-state index >= 15 is 0 Å². The van der Waals surface area contributed by atoms with Crippen molar-refractivity contribution < 1.29 is 0 Å². The number of aromatic amines is 1. The minimum Gasteiger partial charge on any atom is -0.329 e. The van der Waals surface area contributed by atoms with Crippen molar-refractivity contribution >= 4 is 12.4 Å². The molecule has 0 aliphatic rings. The number of benzene rings is 1. The van der Waals surface area contributed by atoms with Crippen LogP contribution in [0.2, 0.25) is 0 Å². The molecule has 1 aromatic carbocycles. The van der Waals surface area contributed by atoms with Gasteiger partial charge in [0.25, 0.3) is 0 Å². The van der Waals surface area contributed by atoms with Crippen LogP contribution in [0.4, 0.5) is 0 Å². The van der Waals surface area contributed by atoms with Crippen LogP contribution in [-0.2, 0) is 13.0 Å². The van der Waals surface area contributed by atoms with E-state index in [1.54, 1.807) is 0 Å². The van der Waals surface area contributed by atoms with Crippen molar-refractivity contribution in [1.82, 2.24) is 15.1 Å². The van der Waals surface area contributed by atoms with Crippen LogP contribution in [0.5, 0.6) is 0 Å². The molecule has 0 aliphatic heterocycles. The smallest absolute Gasteiger partial charge is 0.0535 e. The first-order valence-electron chi connectivity index (χ1n) is 6.75. The van der Waals surface area contributed by atoms with Crippen LogP contribution in [0.15, 0.2) is 36.5 Å². The Balaban J connectivity index is 0.00000200. The van der Waals surface area contributed by atoms with Gasteiger partial charge in [-0.1, -0.05) is 30.3 Å². The normalized spacial score (nSPS) is 10.6. The SMILES string of the molecule is Cc1[nH]ncc1CN(CCN)CCc1ccccc1.Cl. The van der Waals surface area contributed by atoms with E-state index in [-0.39, 0.29) is 12.4 Å². The number of nitrogens with zero attached hydrogens (tertiary/aromatic N) is 2. The van der Waals surface area contributed by atoms with E-state index in [0.29, 0.717) is 6.54 Å². The standard InChI is InChI=1S/C15H22N4.ClH/c1-13-15(11-17-18-13)12-19(10-8-16)9-7-14-5-3-2-4-6-14;/h2-6,11H,7-10,12,16H2,1H3,(H,17,18);1H. The van der Waals surface area contributed by atoms with Crippen molar-refractivity contribution in [2.24, 2.45) is 5.73 Å². The van der Waals surface area contributed by atoms with Gasteiger partial charge in [-0.2, -0.15) is 5.10 Å². The summed E-state index contributed by atoms with van der Waals surface area (Å²) in [5, 5.41) is 7.05. The molecule has 0 saturated heterocycles. The molecule has 0 atom stereocenters. The van der Waals surface area contributed by atoms with E-state index in [1.807, 2.05) is 6.20 Å². The van der Waals surface area contributed by atoms with Gasteiger partial charge >= 0.3 is 0 Å². The third-order valence-corrected chi connectivity index (χ3v) is 3.33. The van der Waals surface area contributed by atoms with Gasteiger partial charge in [0.15, 0.2) is 0 Å². The zero-order valence-electron chi connectivity index (χ0n) is 11.9. The Morgan fingerprint density at radius 3 is 2.55 bits per heavy atom. The second kappa shape index (κ2) is 8.74. The molecule has 0 fully saturated rings. The Kier molecular flexibility index (Phi) is 7.30. The molecule has 1 heterocycles. The molecule has 0 aliphatic carbocycles. The van der Waals surface area contributed by atoms with Gasteiger partial charge in [-0.15, -0.1) is 12.4 Å². The van der Waals surface area contributed by atoms with Crippen LogP contribution in [-0.4, -0.2) is 34.7 Å². The van der Waals surface area contributed by atoms with Crippen molar-refractivity contribution in [1.29, 1.82) is 0 Å². The Morgan fingerprint density at radius 2 is 1.95 bits per heavy atom. The zero-order valence-corrected chi connectivity index (χ0v) is 12.7. The number of hydrogen-bond donors (Lipinski definition) is 2. The predicted octanol–water partition coefficient (Wildman–Crippen LogP) is 2.14. The van der Waals surface area contributed by atoms with Gasteiger partial charge < -0.3 is 5.73 Å². The molecule has 5 heteroatoms. The molecule has 4 nitrogen and oxygen atoms in total. The van der Waals surface area contributed by atoms with Crippen molar-refractivity contribution in [2.75, 3.05) is 19.6 Å². The average molecular weight is 295 g/mol. The molecule has 3 N–H and O–H groups in total. The third-order valence-electron chi connectivity index (χ3n) is 3.33. The molecule has 20 heavy (non-hydrogen) atoms.